The number of thioether (sulfide) groups is 1. The van der Waals surface area contributed by atoms with E-state index in [9.17, 15) is 4.79 Å². The smallest absolute Gasteiger partial charge is 0.291 e. The van der Waals surface area contributed by atoms with E-state index in [0.29, 0.717) is 0 Å². The molecule has 1 aromatic rings. The monoisotopic (exact) mass is 268 g/mol. The van der Waals surface area contributed by atoms with Gasteiger partial charge in [0.2, 0.25) is 5.82 Å². The van der Waals surface area contributed by atoms with Gasteiger partial charge in [-0.2, -0.15) is 11.8 Å². The zero-order valence-corrected chi connectivity index (χ0v) is 11.7. The number of aromatic nitrogens is 3. The van der Waals surface area contributed by atoms with Crippen molar-refractivity contribution in [2.75, 3.05) is 6.26 Å². The number of amides is 1. The molecule has 0 atom stereocenters. The van der Waals surface area contributed by atoms with Crippen LogP contribution in [0, 0.1) is 0 Å². The van der Waals surface area contributed by atoms with Gasteiger partial charge >= 0.3 is 0 Å². The SMILES string of the molecule is CCc1nc(C(=O)NC2CCC(SC)CC2)n[nH]1. The molecule has 2 N–H and O–H groups in total. The Bertz CT molecular complexity index is 399. The second-order valence-corrected chi connectivity index (χ2v) is 5.78. The van der Waals surface area contributed by atoms with E-state index in [1.54, 1.807) is 0 Å². The van der Waals surface area contributed by atoms with Crippen molar-refractivity contribution in [3.8, 4) is 0 Å². The summed E-state index contributed by atoms with van der Waals surface area (Å²) in [4.78, 5) is 16.1. The highest BCUT2D eigenvalue weighted by Gasteiger charge is 2.23. The van der Waals surface area contributed by atoms with Gasteiger partial charge in [0.05, 0.1) is 0 Å². The highest BCUT2D eigenvalue weighted by molar-refractivity contribution is 7.99. The number of hydrogen-bond donors (Lipinski definition) is 2. The number of H-pyrrole nitrogens is 1. The Hall–Kier alpha value is -1.04. The second-order valence-electron chi connectivity index (χ2n) is 4.64. The first-order valence-electron chi connectivity index (χ1n) is 6.47. The minimum absolute atomic E-state index is 0.154. The van der Waals surface area contributed by atoms with E-state index in [1.165, 1.54) is 12.8 Å². The number of aryl methyl sites for hydroxylation is 1. The van der Waals surface area contributed by atoms with Crippen LogP contribution in [-0.4, -0.2) is 38.6 Å². The van der Waals surface area contributed by atoms with E-state index in [-0.39, 0.29) is 17.8 Å². The Kier molecular flexibility index (Phi) is 4.63. The molecule has 1 saturated carbocycles. The van der Waals surface area contributed by atoms with E-state index in [4.69, 9.17) is 0 Å². The summed E-state index contributed by atoms with van der Waals surface area (Å²) in [6.45, 7) is 1.98. The topological polar surface area (TPSA) is 70.7 Å². The Morgan fingerprint density at radius 2 is 2.17 bits per heavy atom. The molecule has 1 heterocycles. The van der Waals surface area contributed by atoms with E-state index in [1.807, 2.05) is 18.7 Å². The molecule has 1 aromatic heterocycles. The highest BCUT2D eigenvalue weighted by atomic mass is 32.2. The third kappa shape index (κ3) is 3.25. The minimum atomic E-state index is -0.154. The summed E-state index contributed by atoms with van der Waals surface area (Å²) in [7, 11) is 0. The normalized spacial score (nSPS) is 23.9. The van der Waals surface area contributed by atoms with Crippen LogP contribution in [0.5, 0.6) is 0 Å². The Balaban J connectivity index is 1.84. The van der Waals surface area contributed by atoms with Crippen LogP contribution in [0.4, 0.5) is 0 Å². The van der Waals surface area contributed by atoms with Crippen LogP contribution in [0.1, 0.15) is 49.1 Å². The Morgan fingerprint density at radius 1 is 1.44 bits per heavy atom. The zero-order valence-electron chi connectivity index (χ0n) is 10.9. The van der Waals surface area contributed by atoms with Gasteiger partial charge in [0.15, 0.2) is 0 Å². The van der Waals surface area contributed by atoms with Crippen molar-refractivity contribution in [3.05, 3.63) is 11.6 Å². The van der Waals surface area contributed by atoms with Crippen molar-refractivity contribution in [2.45, 2.75) is 50.3 Å². The molecule has 1 aliphatic carbocycles. The number of aromatic amines is 1. The molecule has 0 unspecified atom stereocenters. The van der Waals surface area contributed by atoms with Gasteiger partial charge in [-0.15, -0.1) is 5.10 Å². The van der Waals surface area contributed by atoms with Gasteiger partial charge in [0.1, 0.15) is 5.82 Å². The maximum atomic E-state index is 11.9. The molecule has 1 fully saturated rings. The third-order valence-corrected chi connectivity index (χ3v) is 4.55. The molecule has 6 heteroatoms. The third-order valence-electron chi connectivity index (χ3n) is 3.41. The lowest BCUT2D eigenvalue weighted by Gasteiger charge is -2.27. The average molecular weight is 268 g/mol. The molecule has 18 heavy (non-hydrogen) atoms. The molecule has 100 valence electrons. The van der Waals surface area contributed by atoms with Crippen LogP contribution in [0.15, 0.2) is 0 Å². The number of hydrogen-bond acceptors (Lipinski definition) is 4. The second kappa shape index (κ2) is 6.22. The van der Waals surface area contributed by atoms with Crippen LogP contribution < -0.4 is 5.32 Å². The lowest BCUT2D eigenvalue weighted by molar-refractivity contribution is 0.0918. The summed E-state index contributed by atoms with van der Waals surface area (Å²) >= 11 is 1.93. The van der Waals surface area contributed by atoms with Gasteiger partial charge in [0, 0.05) is 17.7 Å². The molecule has 1 amide bonds. The predicted molar refractivity (Wildman–Crippen MR) is 72.8 cm³/mol. The van der Waals surface area contributed by atoms with Crippen molar-refractivity contribution >= 4 is 17.7 Å². The molecule has 0 aliphatic heterocycles. The Labute approximate surface area is 112 Å². The summed E-state index contributed by atoms with van der Waals surface area (Å²) in [5.74, 6) is 0.864. The summed E-state index contributed by atoms with van der Waals surface area (Å²) in [6.07, 6.45) is 7.40. The first-order chi connectivity index (χ1) is 8.72. The van der Waals surface area contributed by atoms with E-state index >= 15 is 0 Å². The number of carbonyl (C=O) groups excluding carboxylic acids is 1. The van der Waals surface area contributed by atoms with Gasteiger partial charge in [0.25, 0.3) is 5.91 Å². The Morgan fingerprint density at radius 3 is 2.72 bits per heavy atom. The molecule has 0 spiro atoms. The average Bonchev–Trinajstić information content (AvgIpc) is 2.88. The molecular weight excluding hydrogens is 248 g/mol. The fraction of sp³-hybridized carbons (Fsp3) is 0.750. The first kappa shape index (κ1) is 13.4. The van der Waals surface area contributed by atoms with E-state index in [2.05, 4.69) is 26.8 Å². The number of nitrogens with one attached hydrogen (secondary N) is 2. The van der Waals surface area contributed by atoms with Crippen molar-refractivity contribution in [3.63, 3.8) is 0 Å². The lowest BCUT2D eigenvalue weighted by atomic mass is 9.95. The van der Waals surface area contributed by atoms with E-state index in [0.717, 1.165) is 30.3 Å². The maximum absolute atomic E-state index is 11.9. The number of nitrogens with zero attached hydrogens (tertiary/aromatic N) is 2. The maximum Gasteiger partial charge on any atom is 0.291 e. The fourth-order valence-corrected chi connectivity index (χ4v) is 2.99. The summed E-state index contributed by atoms with van der Waals surface area (Å²) in [6, 6.07) is 0.282. The van der Waals surface area contributed by atoms with Crippen molar-refractivity contribution in [2.24, 2.45) is 0 Å². The van der Waals surface area contributed by atoms with Crippen LogP contribution in [0.2, 0.25) is 0 Å². The van der Waals surface area contributed by atoms with Crippen LogP contribution in [0.3, 0.4) is 0 Å². The highest BCUT2D eigenvalue weighted by Crippen LogP contribution is 2.26. The number of carbonyl (C=O) groups is 1. The number of rotatable bonds is 4. The van der Waals surface area contributed by atoms with E-state index < -0.39 is 0 Å². The van der Waals surface area contributed by atoms with Crippen LogP contribution in [0.25, 0.3) is 0 Å². The van der Waals surface area contributed by atoms with Crippen molar-refractivity contribution in [1.82, 2.24) is 20.5 Å². The van der Waals surface area contributed by atoms with Gasteiger partial charge in [-0.05, 0) is 31.9 Å². The van der Waals surface area contributed by atoms with Gasteiger partial charge in [-0.1, -0.05) is 6.92 Å². The van der Waals surface area contributed by atoms with Gasteiger partial charge < -0.3 is 5.32 Å². The molecule has 0 aromatic carbocycles. The predicted octanol–water partition coefficient (Wildman–Crippen LogP) is 1.77. The summed E-state index contributed by atoms with van der Waals surface area (Å²) < 4.78 is 0. The summed E-state index contributed by atoms with van der Waals surface area (Å²) in [5, 5.41) is 10.5. The quantitative estimate of drug-likeness (QED) is 0.873. The van der Waals surface area contributed by atoms with Crippen LogP contribution >= 0.6 is 11.8 Å². The largest absolute Gasteiger partial charge is 0.347 e. The van der Waals surface area contributed by atoms with Gasteiger partial charge in [-0.3, -0.25) is 9.89 Å². The fourth-order valence-electron chi connectivity index (χ4n) is 2.25. The lowest BCUT2D eigenvalue weighted by Crippen LogP contribution is -2.38. The molecule has 2 rings (SSSR count). The molecular formula is C12H20N4OS. The van der Waals surface area contributed by atoms with Crippen LogP contribution in [-0.2, 0) is 6.42 Å². The zero-order chi connectivity index (χ0) is 13.0. The minimum Gasteiger partial charge on any atom is -0.347 e. The van der Waals surface area contributed by atoms with Crippen molar-refractivity contribution in [1.29, 1.82) is 0 Å². The molecule has 0 bridgehead atoms. The summed E-state index contributed by atoms with van der Waals surface area (Å²) in [5.41, 5.74) is 0. The first-order valence-corrected chi connectivity index (χ1v) is 7.76. The molecule has 1 aliphatic rings. The molecule has 5 nitrogen and oxygen atoms in total. The molecule has 0 saturated heterocycles. The molecule has 0 radical (unpaired) electrons. The van der Waals surface area contributed by atoms with Crippen molar-refractivity contribution < 1.29 is 4.79 Å². The van der Waals surface area contributed by atoms with Gasteiger partial charge in [-0.25, -0.2) is 4.98 Å². The standard InChI is InChI=1S/C12H20N4OS/c1-3-10-14-11(16-15-10)12(17)13-8-4-6-9(18-2)7-5-8/h8-9H,3-7H2,1-2H3,(H,13,17)(H,14,15,16).